The van der Waals surface area contributed by atoms with Crippen LogP contribution in [0.4, 0.5) is 0 Å². The lowest BCUT2D eigenvalue weighted by Crippen LogP contribution is -2.27. The number of nitrogens with one attached hydrogen (secondary N) is 2. The minimum atomic E-state index is -0.582. The number of carbonyl (C=O) groups is 1. The fourth-order valence-corrected chi connectivity index (χ4v) is 4.28. The number of aromatic amines is 1. The van der Waals surface area contributed by atoms with Crippen LogP contribution in [0.25, 0.3) is 21.9 Å². The van der Waals surface area contributed by atoms with Gasteiger partial charge in [-0.1, -0.05) is 11.6 Å². The number of fused-ring (bicyclic) bond motifs is 2. The number of H-pyrrole nitrogens is 1. The van der Waals surface area contributed by atoms with E-state index in [0.717, 1.165) is 27.7 Å². The summed E-state index contributed by atoms with van der Waals surface area (Å²) in [6.45, 7) is 8.26. The Kier molecular flexibility index (Phi) is 5.98. The first-order valence-electron chi connectivity index (χ1n) is 10.5. The van der Waals surface area contributed by atoms with Gasteiger partial charge >= 0.3 is 5.63 Å². The smallest absolute Gasteiger partial charge is 0.337 e. The van der Waals surface area contributed by atoms with Crippen molar-refractivity contribution in [1.82, 2.24) is 10.3 Å². The highest BCUT2D eigenvalue weighted by atomic mass is 35.5. The van der Waals surface area contributed by atoms with Gasteiger partial charge in [0, 0.05) is 45.7 Å². The van der Waals surface area contributed by atoms with Crippen LogP contribution >= 0.6 is 11.6 Å². The molecule has 2 aromatic carbocycles. The van der Waals surface area contributed by atoms with Gasteiger partial charge in [0.2, 0.25) is 0 Å². The molecule has 0 unspecified atom stereocenters. The maximum Gasteiger partial charge on any atom is 0.337 e. The summed E-state index contributed by atoms with van der Waals surface area (Å²) in [4.78, 5) is 28.4. The molecule has 2 aromatic heterocycles. The van der Waals surface area contributed by atoms with Crippen LogP contribution in [0.2, 0.25) is 5.02 Å². The number of aryl methyl sites for hydroxylation is 2. The predicted octanol–water partition coefficient (Wildman–Crippen LogP) is 5.30. The van der Waals surface area contributed by atoms with Crippen LogP contribution in [-0.4, -0.2) is 23.5 Å². The van der Waals surface area contributed by atoms with Crippen molar-refractivity contribution in [2.24, 2.45) is 0 Å². The molecule has 4 aromatic rings. The van der Waals surface area contributed by atoms with Gasteiger partial charge in [-0.25, -0.2) is 4.79 Å². The number of carbonyl (C=O) groups excluding carboxylic acids is 1. The van der Waals surface area contributed by atoms with Crippen molar-refractivity contribution in [1.29, 1.82) is 0 Å². The van der Waals surface area contributed by atoms with Crippen LogP contribution in [0, 0.1) is 13.8 Å². The largest absolute Gasteiger partial charge is 0.491 e. The van der Waals surface area contributed by atoms with Gasteiger partial charge in [0.15, 0.2) is 0 Å². The maximum atomic E-state index is 12.9. The van der Waals surface area contributed by atoms with Crippen LogP contribution in [0.3, 0.4) is 0 Å². The summed E-state index contributed by atoms with van der Waals surface area (Å²) >= 11 is 6.25. The van der Waals surface area contributed by atoms with E-state index < -0.39 is 5.63 Å². The van der Waals surface area contributed by atoms with Crippen molar-refractivity contribution in [3.05, 3.63) is 74.2 Å². The third-order valence-electron chi connectivity index (χ3n) is 5.38. The topological polar surface area (TPSA) is 84.3 Å². The molecule has 0 atom stereocenters. The van der Waals surface area contributed by atoms with Gasteiger partial charge in [-0.05, 0) is 69.5 Å². The van der Waals surface area contributed by atoms with Gasteiger partial charge < -0.3 is 19.5 Å². The van der Waals surface area contributed by atoms with Crippen molar-refractivity contribution in [3.63, 3.8) is 0 Å². The monoisotopic (exact) mass is 452 g/mol. The van der Waals surface area contributed by atoms with E-state index in [1.54, 1.807) is 18.2 Å². The molecule has 0 saturated carbocycles. The molecule has 1 amide bonds. The second-order valence-corrected chi connectivity index (χ2v) is 8.62. The SMILES string of the molecule is Cc1[nH]c2c(C)cc(Cl)cc2c1CCNC(=O)c1cc(=O)oc2cc(OC(C)C)ccc12. The van der Waals surface area contributed by atoms with E-state index in [4.69, 9.17) is 20.8 Å². The number of hydrogen-bond acceptors (Lipinski definition) is 4. The Morgan fingerprint density at radius 1 is 1.16 bits per heavy atom. The molecular formula is C25H25ClN2O4. The first kappa shape index (κ1) is 22.0. The average molecular weight is 453 g/mol. The number of benzene rings is 2. The lowest BCUT2D eigenvalue weighted by atomic mass is 10.1. The average Bonchev–Trinajstić information content (AvgIpc) is 3.02. The van der Waals surface area contributed by atoms with E-state index in [-0.39, 0.29) is 17.6 Å². The van der Waals surface area contributed by atoms with E-state index in [2.05, 4.69) is 10.3 Å². The predicted molar refractivity (Wildman–Crippen MR) is 127 cm³/mol. The Morgan fingerprint density at radius 3 is 2.69 bits per heavy atom. The Bertz CT molecular complexity index is 1380. The molecule has 0 radical (unpaired) electrons. The van der Waals surface area contributed by atoms with Crippen molar-refractivity contribution >= 4 is 39.4 Å². The van der Waals surface area contributed by atoms with Gasteiger partial charge in [-0.2, -0.15) is 0 Å². The van der Waals surface area contributed by atoms with E-state index in [1.165, 1.54) is 6.07 Å². The van der Waals surface area contributed by atoms with Gasteiger partial charge in [-0.3, -0.25) is 4.79 Å². The lowest BCUT2D eigenvalue weighted by Gasteiger charge is -2.11. The number of rotatable bonds is 6. The molecule has 0 saturated heterocycles. The Balaban J connectivity index is 1.56. The quantitative estimate of drug-likeness (QED) is 0.388. The van der Waals surface area contributed by atoms with Crippen molar-refractivity contribution < 1.29 is 13.9 Å². The van der Waals surface area contributed by atoms with E-state index in [9.17, 15) is 9.59 Å². The first-order chi connectivity index (χ1) is 15.2. The number of aromatic nitrogens is 1. The van der Waals surface area contributed by atoms with Gasteiger partial charge in [0.25, 0.3) is 5.91 Å². The molecule has 0 aliphatic rings. The van der Waals surface area contributed by atoms with Crippen LogP contribution in [0.5, 0.6) is 5.75 Å². The second kappa shape index (κ2) is 8.71. The summed E-state index contributed by atoms with van der Waals surface area (Å²) in [5.41, 5.74) is 4.30. The Hall–Kier alpha value is -3.25. The molecule has 2 N–H and O–H groups in total. The summed E-state index contributed by atoms with van der Waals surface area (Å²) < 4.78 is 10.9. The molecule has 0 bridgehead atoms. The summed E-state index contributed by atoms with van der Waals surface area (Å²) in [5.74, 6) is 0.254. The second-order valence-electron chi connectivity index (χ2n) is 8.18. The number of halogens is 1. The number of amides is 1. The molecule has 0 aliphatic heterocycles. The van der Waals surface area contributed by atoms with Gasteiger partial charge in [0.05, 0.1) is 11.7 Å². The summed E-state index contributed by atoms with van der Waals surface area (Å²) in [6.07, 6.45) is 0.612. The van der Waals surface area contributed by atoms with Crippen LogP contribution in [0.1, 0.15) is 41.0 Å². The fraction of sp³-hybridized carbons (Fsp3) is 0.280. The zero-order valence-electron chi connectivity index (χ0n) is 18.5. The van der Waals surface area contributed by atoms with Gasteiger partial charge in [0.1, 0.15) is 11.3 Å². The zero-order valence-corrected chi connectivity index (χ0v) is 19.2. The standard InChI is InChI=1S/C25H25ClN2O4/c1-13(2)31-17-5-6-19-21(12-23(29)32-22(19)11-17)25(30)27-8-7-18-15(4)28-24-14(3)9-16(26)10-20(18)24/h5-6,9-13,28H,7-8H2,1-4H3,(H,27,30). The molecular weight excluding hydrogens is 428 g/mol. The van der Waals surface area contributed by atoms with Crippen molar-refractivity contribution in [2.75, 3.05) is 6.54 Å². The number of hydrogen-bond donors (Lipinski definition) is 2. The molecule has 7 heteroatoms. The highest BCUT2D eigenvalue weighted by Gasteiger charge is 2.16. The lowest BCUT2D eigenvalue weighted by molar-refractivity contribution is 0.0955. The van der Waals surface area contributed by atoms with Crippen molar-refractivity contribution in [2.45, 2.75) is 40.2 Å². The molecule has 0 fully saturated rings. The van der Waals surface area contributed by atoms with Crippen LogP contribution in [-0.2, 0) is 6.42 Å². The molecule has 0 aliphatic carbocycles. The first-order valence-corrected chi connectivity index (χ1v) is 10.9. The van der Waals surface area contributed by atoms with Crippen LogP contribution < -0.4 is 15.7 Å². The third kappa shape index (κ3) is 4.36. The Morgan fingerprint density at radius 2 is 1.94 bits per heavy atom. The molecule has 2 heterocycles. The summed E-state index contributed by atoms with van der Waals surface area (Å²) in [5, 5.41) is 5.23. The Labute approximate surface area is 190 Å². The summed E-state index contributed by atoms with van der Waals surface area (Å²) in [7, 11) is 0. The summed E-state index contributed by atoms with van der Waals surface area (Å²) in [6, 6.07) is 10.2. The van der Waals surface area contributed by atoms with Crippen LogP contribution in [0.15, 0.2) is 45.6 Å². The molecule has 166 valence electrons. The van der Waals surface area contributed by atoms with Crippen molar-refractivity contribution in [3.8, 4) is 5.75 Å². The van der Waals surface area contributed by atoms with E-state index in [1.807, 2.05) is 39.8 Å². The molecule has 32 heavy (non-hydrogen) atoms. The highest BCUT2D eigenvalue weighted by molar-refractivity contribution is 6.31. The third-order valence-corrected chi connectivity index (χ3v) is 5.60. The van der Waals surface area contributed by atoms with Gasteiger partial charge in [-0.15, -0.1) is 0 Å². The number of ether oxygens (including phenoxy) is 1. The van der Waals surface area contributed by atoms with E-state index >= 15 is 0 Å². The zero-order chi connectivity index (χ0) is 23.0. The minimum Gasteiger partial charge on any atom is -0.491 e. The highest BCUT2D eigenvalue weighted by Crippen LogP contribution is 2.29. The molecule has 4 rings (SSSR count). The molecule has 0 spiro atoms. The minimum absolute atomic E-state index is 0.0164. The fourth-order valence-electron chi connectivity index (χ4n) is 4.01. The van der Waals surface area contributed by atoms with E-state index in [0.29, 0.717) is 34.7 Å². The molecule has 6 nitrogen and oxygen atoms in total. The normalized spacial score (nSPS) is 11.4. The maximum absolute atomic E-state index is 12.9.